The number of ether oxygens (including phenoxy) is 4. The van der Waals surface area contributed by atoms with Gasteiger partial charge in [-0.2, -0.15) is 0 Å². The molecule has 1 saturated carbocycles. The number of carbonyl (C=O) groups excluding carboxylic acids is 2. The van der Waals surface area contributed by atoms with Crippen molar-refractivity contribution in [2.45, 2.75) is 31.5 Å². The van der Waals surface area contributed by atoms with Crippen LogP contribution < -0.4 is 19.5 Å². The second-order valence-corrected chi connectivity index (χ2v) is 7.64. The van der Waals surface area contributed by atoms with Crippen molar-refractivity contribution >= 4 is 23.6 Å². The van der Waals surface area contributed by atoms with Gasteiger partial charge in [0.1, 0.15) is 12.4 Å². The highest BCUT2D eigenvalue weighted by molar-refractivity contribution is 5.94. The summed E-state index contributed by atoms with van der Waals surface area (Å²) in [4.78, 5) is 24.1. The van der Waals surface area contributed by atoms with Crippen LogP contribution in [0.2, 0.25) is 0 Å². The molecule has 1 fully saturated rings. The summed E-state index contributed by atoms with van der Waals surface area (Å²) in [6.45, 7) is 3.63. The maximum absolute atomic E-state index is 12.2. The first-order chi connectivity index (χ1) is 15.5. The lowest BCUT2D eigenvalue weighted by atomic mass is 10.2. The fourth-order valence-corrected chi connectivity index (χ4v) is 3.67. The Morgan fingerprint density at radius 1 is 1.06 bits per heavy atom. The Hall–Kier alpha value is -3.74. The third-order valence-electron chi connectivity index (χ3n) is 5.19. The first kappa shape index (κ1) is 21.5. The van der Waals surface area contributed by atoms with E-state index in [4.69, 9.17) is 18.9 Å². The number of amides is 1. The maximum atomic E-state index is 12.2. The topological polar surface area (TPSA) is 83.1 Å². The van der Waals surface area contributed by atoms with Gasteiger partial charge in [-0.15, -0.1) is 0 Å². The van der Waals surface area contributed by atoms with Gasteiger partial charge >= 0.3 is 5.97 Å². The van der Waals surface area contributed by atoms with E-state index in [0.717, 1.165) is 31.2 Å². The highest BCUT2D eigenvalue weighted by atomic mass is 16.7. The third-order valence-corrected chi connectivity index (χ3v) is 5.19. The fraction of sp³-hybridized carbons (Fsp3) is 0.280. The third kappa shape index (κ3) is 5.29. The number of fused-ring (bicyclic) bond motifs is 1. The van der Waals surface area contributed by atoms with Gasteiger partial charge in [0.15, 0.2) is 18.1 Å². The highest BCUT2D eigenvalue weighted by Gasteiger charge is 2.44. The van der Waals surface area contributed by atoms with Crippen molar-refractivity contribution in [1.29, 1.82) is 0 Å². The molecular formula is C25H25NO6. The normalized spacial score (nSPS) is 15.6. The SMILES string of the molecule is C=CCOc1ccc(/C=C/C(=O)OCC(=O)Nc2ccc3c(c2)OC2(CCCC2)O3)cc1. The van der Waals surface area contributed by atoms with Crippen molar-refractivity contribution in [3.05, 3.63) is 66.8 Å². The van der Waals surface area contributed by atoms with E-state index in [1.165, 1.54) is 6.08 Å². The van der Waals surface area contributed by atoms with Gasteiger partial charge in [-0.25, -0.2) is 4.79 Å². The number of esters is 1. The van der Waals surface area contributed by atoms with Crippen LogP contribution in [-0.4, -0.2) is 30.9 Å². The van der Waals surface area contributed by atoms with Crippen LogP contribution in [0, 0.1) is 0 Å². The van der Waals surface area contributed by atoms with Gasteiger partial charge in [-0.05, 0) is 48.7 Å². The van der Waals surface area contributed by atoms with E-state index in [0.29, 0.717) is 29.5 Å². The summed E-state index contributed by atoms with van der Waals surface area (Å²) < 4.78 is 22.4. The van der Waals surface area contributed by atoms with E-state index >= 15 is 0 Å². The number of carbonyl (C=O) groups is 2. The molecule has 32 heavy (non-hydrogen) atoms. The summed E-state index contributed by atoms with van der Waals surface area (Å²) in [5, 5.41) is 2.71. The molecule has 0 radical (unpaired) electrons. The van der Waals surface area contributed by atoms with E-state index in [-0.39, 0.29) is 0 Å². The predicted octanol–water partition coefficient (Wildman–Crippen LogP) is 4.49. The smallest absolute Gasteiger partial charge is 0.331 e. The molecule has 0 unspecified atom stereocenters. The minimum absolute atomic E-state index is 0.393. The molecule has 1 spiro atoms. The molecule has 0 bridgehead atoms. The number of hydrogen-bond acceptors (Lipinski definition) is 6. The molecule has 0 saturated heterocycles. The number of anilines is 1. The van der Waals surface area contributed by atoms with Gasteiger partial charge in [0.25, 0.3) is 11.7 Å². The molecule has 1 amide bonds. The van der Waals surface area contributed by atoms with E-state index in [1.807, 2.05) is 12.1 Å². The molecule has 2 aromatic rings. The van der Waals surface area contributed by atoms with Crippen LogP contribution >= 0.6 is 0 Å². The minimum Gasteiger partial charge on any atom is -0.490 e. The van der Waals surface area contributed by atoms with Crippen molar-refractivity contribution < 1.29 is 28.5 Å². The predicted molar refractivity (Wildman–Crippen MR) is 120 cm³/mol. The zero-order valence-electron chi connectivity index (χ0n) is 17.7. The lowest BCUT2D eigenvalue weighted by Gasteiger charge is -2.21. The fourth-order valence-electron chi connectivity index (χ4n) is 3.67. The average molecular weight is 435 g/mol. The number of benzene rings is 2. The number of rotatable bonds is 8. The molecule has 7 heteroatoms. The summed E-state index contributed by atoms with van der Waals surface area (Å²) in [5.41, 5.74) is 1.36. The zero-order valence-corrected chi connectivity index (χ0v) is 17.7. The zero-order chi connectivity index (χ0) is 22.4. The van der Waals surface area contributed by atoms with E-state index in [9.17, 15) is 9.59 Å². The van der Waals surface area contributed by atoms with Gasteiger partial charge < -0.3 is 24.3 Å². The Kier molecular flexibility index (Phi) is 6.44. The van der Waals surface area contributed by atoms with Crippen molar-refractivity contribution in [3.63, 3.8) is 0 Å². The molecule has 1 N–H and O–H groups in total. The second-order valence-electron chi connectivity index (χ2n) is 7.64. The Morgan fingerprint density at radius 3 is 2.56 bits per heavy atom. The van der Waals surface area contributed by atoms with Crippen LogP contribution in [0.5, 0.6) is 17.2 Å². The standard InChI is InChI=1S/C25H25NO6/c1-2-15-29-20-9-5-18(6-10-20)7-12-24(28)30-17-23(27)26-19-8-11-21-22(16-19)32-25(31-21)13-3-4-14-25/h2,5-12,16H,1,3-4,13-15,17H2,(H,26,27)/b12-7+. The maximum Gasteiger partial charge on any atom is 0.331 e. The average Bonchev–Trinajstić information content (AvgIpc) is 3.40. The molecule has 7 nitrogen and oxygen atoms in total. The van der Waals surface area contributed by atoms with E-state index < -0.39 is 24.3 Å². The van der Waals surface area contributed by atoms with E-state index in [1.54, 1.807) is 42.5 Å². The lowest BCUT2D eigenvalue weighted by molar-refractivity contribution is -0.142. The molecule has 166 valence electrons. The van der Waals surface area contributed by atoms with Crippen molar-refractivity contribution in [3.8, 4) is 17.2 Å². The Labute approximate surface area is 186 Å². The van der Waals surface area contributed by atoms with Gasteiger partial charge in [0.2, 0.25) is 0 Å². The monoisotopic (exact) mass is 435 g/mol. The number of hydrogen-bond donors (Lipinski definition) is 1. The van der Waals surface area contributed by atoms with Crippen LogP contribution in [0.4, 0.5) is 5.69 Å². The van der Waals surface area contributed by atoms with Crippen LogP contribution in [0.1, 0.15) is 31.2 Å². The Morgan fingerprint density at radius 2 is 1.81 bits per heavy atom. The summed E-state index contributed by atoms with van der Waals surface area (Å²) in [7, 11) is 0. The minimum atomic E-state index is -0.610. The van der Waals surface area contributed by atoms with Crippen LogP contribution in [0.3, 0.4) is 0 Å². The summed E-state index contributed by atoms with van der Waals surface area (Å²) in [6.07, 6.45) is 8.42. The Bertz CT molecular complexity index is 1020. The molecule has 1 aliphatic heterocycles. The summed E-state index contributed by atoms with van der Waals surface area (Å²) in [6, 6.07) is 12.4. The molecule has 2 aliphatic rings. The number of nitrogens with one attached hydrogen (secondary N) is 1. The molecule has 2 aromatic carbocycles. The van der Waals surface area contributed by atoms with Gasteiger partial charge in [0, 0.05) is 30.7 Å². The largest absolute Gasteiger partial charge is 0.490 e. The van der Waals surface area contributed by atoms with E-state index in [2.05, 4.69) is 11.9 Å². The summed E-state index contributed by atoms with van der Waals surface area (Å²) >= 11 is 0. The van der Waals surface area contributed by atoms with Gasteiger partial charge in [0.05, 0.1) is 0 Å². The molecule has 4 rings (SSSR count). The lowest BCUT2D eigenvalue weighted by Crippen LogP contribution is -2.34. The first-order valence-electron chi connectivity index (χ1n) is 10.6. The molecule has 0 aromatic heterocycles. The van der Waals surface area contributed by atoms with Gasteiger partial charge in [-0.3, -0.25) is 4.79 Å². The highest BCUT2D eigenvalue weighted by Crippen LogP contribution is 2.47. The van der Waals surface area contributed by atoms with Crippen LogP contribution in [0.15, 0.2) is 61.2 Å². The molecule has 1 aliphatic carbocycles. The molecule has 0 atom stereocenters. The van der Waals surface area contributed by atoms with Gasteiger partial charge in [-0.1, -0.05) is 24.8 Å². The van der Waals surface area contributed by atoms with Crippen molar-refractivity contribution in [2.75, 3.05) is 18.5 Å². The second kappa shape index (κ2) is 9.60. The molecular weight excluding hydrogens is 410 g/mol. The Balaban J connectivity index is 1.23. The molecule has 1 heterocycles. The van der Waals surface area contributed by atoms with Crippen molar-refractivity contribution in [1.82, 2.24) is 0 Å². The van der Waals surface area contributed by atoms with Crippen LogP contribution in [0.25, 0.3) is 6.08 Å². The summed E-state index contributed by atoms with van der Waals surface area (Å²) in [5.74, 6) is 0.410. The quantitative estimate of drug-likeness (QED) is 0.374. The van der Waals surface area contributed by atoms with Crippen molar-refractivity contribution in [2.24, 2.45) is 0 Å². The van der Waals surface area contributed by atoms with Crippen LogP contribution in [-0.2, 0) is 14.3 Å². The first-order valence-corrected chi connectivity index (χ1v) is 10.6.